The molecule has 0 radical (unpaired) electrons. The van der Waals surface area contributed by atoms with Crippen molar-refractivity contribution in [2.24, 2.45) is 0 Å². The lowest BCUT2D eigenvalue weighted by atomic mass is 10.4. The molecular formula is C10H9N7O4. The second kappa shape index (κ2) is 5.64. The van der Waals surface area contributed by atoms with E-state index in [9.17, 15) is 19.7 Å². The molecule has 0 unspecified atom stereocenters. The van der Waals surface area contributed by atoms with E-state index in [0.717, 1.165) is 12.3 Å². The van der Waals surface area contributed by atoms with Crippen molar-refractivity contribution in [1.29, 1.82) is 0 Å². The highest BCUT2D eigenvalue weighted by molar-refractivity contribution is 5.99. The Morgan fingerprint density at radius 3 is 2.52 bits per heavy atom. The van der Waals surface area contributed by atoms with Crippen molar-refractivity contribution in [3.8, 4) is 0 Å². The molecule has 11 heteroatoms. The minimum Gasteiger partial charge on any atom is -0.382 e. The summed E-state index contributed by atoms with van der Waals surface area (Å²) in [6.45, 7) is 0. The minimum atomic E-state index is -0.769. The highest BCUT2D eigenvalue weighted by Gasteiger charge is 2.16. The molecule has 11 nitrogen and oxygen atoms in total. The smallest absolute Gasteiger partial charge is 0.292 e. The summed E-state index contributed by atoms with van der Waals surface area (Å²) < 4.78 is 0. The molecule has 5 N–H and O–H groups in total. The van der Waals surface area contributed by atoms with Gasteiger partial charge < -0.3 is 10.7 Å². The van der Waals surface area contributed by atoms with Crippen LogP contribution in [0.4, 0.5) is 11.5 Å². The number of anilines is 1. The van der Waals surface area contributed by atoms with Crippen LogP contribution in [0, 0.1) is 10.1 Å². The van der Waals surface area contributed by atoms with Crippen LogP contribution in [0.3, 0.4) is 0 Å². The molecule has 2 aromatic heterocycles. The second-order valence-corrected chi connectivity index (χ2v) is 3.73. The molecule has 108 valence electrons. The largest absolute Gasteiger partial charge is 0.382 e. The monoisotopic (exact) mass is 291 g/mol. The number of nitro groups is 1. The molecule has 0 aliphatic rings. The van der Waals surface area contributed by atoms with E-state index >= 15 is 0 Å². The number of nitrogens with zero attached hydrogens (tertiary/aromatic N) is 3. The Balaban J connectivity index is 1.99. The Bertz CT molecular complexity index is 711. The quantitative estimate of drug-likeness (QED) is 0.431. The maximum Gasteiger partial charge on any atom is 0.292 e. The minimum absolute atomic E-state index is 0.0888. The van der Waals surface area contributed by atoms with E-state index in [-0.39, 0.29) is 22.9 Å². The number of H-pyrrole nitrogens is 1. The maximum absolute atomic E-state index is 11.7. The summed E-state index contributed by atoms with van der Waals surface area (Å²) in [6, 6.07) is 1.03. The fourth-order valence-corrected chi connectivity index (χ4v) is 1.38. The molecule has 0 spiro atoms. The van der Waals surface area contributed by atoms with Crippen LogP contribution in [-0.2, 0) is 0 Å². The predicted molar refractivity (Wildman–Crippen MR) is 68.8 cm³/mol. The van der Waals surface area contributed by atoms with E-state index in [1.54, 1.807) is 0 Å². The van der Waals surface area contributed by atoms with Crippen LogP contribution in [0.1, 0.15) is 21.0 Å². The first-order valence-electron chi connectivity index (χ1n) is 5.49. The number of rotatable bonds is 3. The van der Waals surface area contributed by atoms with Gasteiger partial charge >= 0.3 is 0 Å². The third kappa shape index (κ3) is 3.09. The van der Waals surface area contributed by atoms with Gasteiger partial charge in [0, 0.05) is 18.5 Å². The van der Waals surface area contributed by atoms with Gasteiger partial charge in [-0.15, -0.1) is 0 Å². The van der Waals surface area contributed by atoms with Crippen molar-refractivity contribution < 1.29 is 14.5 Å². The summed E-state index contributed by atoms with van der Waals surface area (Å²) in [5.74, 6) is -1.63. The molecule has 0 bridgehead atoms. The van der Waals surface area contributed by atoms with Gasteiger partial charge in [0.15, 0.2) is 11.5 Å². The Morgan fingerprint density at radius 2 is 1.90 bits per heavy atom. The molecule has 2 heterocycles. The van der Waals surface area contributed by atoms with Gasteiger partial charge in [0.25, 0.3) is 17.5 Å². The molecule has 0 aromatic carbocycles. The van der Waals surface area contributed by atoms with Crippen LogP contribution < -0.4 is 16.6 Å². The van der Waals surface area contributed by atoms with Crippen molar-refractivity contribution >= 4 is 23.3 Å². The molecule has 21 heavy (non-hydrogen) atoms. The Labute approximate surface area is 116 Å². The van der Waals surface area contributed by atoms with Gasteiger partial charge in [-0.3, -0.25) is 30.6 Å². The van der Waals surface area contributed by atoms with Gasteiger partial charge in [0.2, 0.25) is 0 Å². The lowest BCUT2D eigenvalue weighted by Crippen LogP contribution is -2.42. The number of nitrogens with two attached hydrogens (primary N) is 1. The highest BCUT2D eigenvalue weighted by atomic mass is 16.6. The van der Waals surface area contributed by atoms with Gasteiger partial charge in [-0.25, -0.2) is 9.97 Å². The standard InChI is InChI=1S/C10H9N7O4/c11-8-7(12-1-2-13-8)10(19)16-15-9(18)6-3-5(4-14-6)17(20)21/h1-4,14H,(H2,11,13)(H,15,18)(H,16,19). The van der Waals surface area contributed by atoms with Crippen molar-refractivity contribution in [1.82, 2.24) is 25.8 Å². The van der Waals surface area contributed by atoms with E-state index in [4.69, 9.17) is 5.73 Å². The normalized spacial score (nSPS) is 9.90. The molecule has 0 saturated heterocycles. The third-order valence-corrected chi connectivity index (χ3v) is 2.35. The molecule has 0 aliphatic carbocycles. The zero-order chi connectivity index (χ0) is 15.4. The number of aromatic amines is 1. The molecular weight excluding hydrogens is 282 g/mol. The maximum atomic E-state index is 11.7. The summed E-state index contributed by atoms with van der Waals surface area (Å²) in [4.78, 5) is 42.9. The molecule has 0 aliphatic heterocycles. The molecule has 2 rings (SSSR count). The van der Waals surface area contributed by atoms with Crippen LogP contribution in [0.15, 0.2) is 24.7 Å². The number of hydrazine groups is 1. The second-order valence-electron chi connectivity index (χ2n) is 3.73. The third-order valence-electron chi connectivity index (χ3n) is 2.35. The number of amides is 2. The number of hydrogen-bond acceptors (Lipinski definition) is 7. The SMILES string of the molecule is Nc1nccnc1C(=O)NNC(=O)c1cc([N+](=O)[O-])c[nH]1. The van der Waals surface area contributed by atoms with Gasteiger partial charge in [0.1, 0.15) is 5.69 Å². The number of nitrogens with one attached hydrogen (secondary N) is 3. The zero-order valence-electron chi connectivity index (χ0n) is 10.4. The summed E-state index contributed by atoms with van der Waals surface area (Å²) >= 11 is 0. The first-order chi connectivity index (χ1) is 9.99. The van der Waals surface area contributed by atoms with Crippen molar-refractivity contribution in [2.75, 3.05) is 5.73 Å². The van der Waals surface area contributed by atoms with E-state index in [1.807, 2.05) is 0 Å². The van der Waals surface area contributed by atoms with Gasteiger partial charge in [0.05, 0.1) is 11.1 Å². The number of carbonyl (C=O) groups is 2. The lowest BCUT2D eigenvalue weighted by Gasteiger charge is -2.06. The summed E-state index contributed by atoms with van der Waals surface area (Å²) in [5, 5.41) is 10.5. The van der Waals surface area contributed by atoms with Crippen LogP contribution in [0.5, 0.6) is 0 Å². The van der Waals surface area contributed by atoms with Crippen molar-refractivity contribution in [3.05, 3.63) is 46.2 Å². The van der Waals surface area contributed by atoms with Crippen LogP contribution in [0.25, 0.3) is 0 Å². The van der Waals surface area contributed by atoms with E-state index in [0.29, 0.717) is 0 Å². The summed E-state index contributed by atoms with van der Waals surface area (Å²) in [6.07, 6.45) is 3.63. The van der Waals surface area contributed by atoms with Crippen LogP contribution in [-0.4, -0.2) is 31.7 Å². The van der Waals surface area contributed by atoms with E-state index in [2.05, 4.69) is 25.8 Å². The first-order valence-corrected chi connectivity index (χ1v) is 5.49. The first kappa shape index (κ1) is 13.9. The molecule has 2 aromatic rings. The Morgan fingerprint density at radius 1 is 1.24 bits per heavy atom. The zero-order valence-corrected chi connectivity index (χ0v) is 10.4. The molecule has 0 atom stereocenters. The van der Waals surface area contributed by atoms with Crippen molar-refractivity contribution in [3.63, 3.8) is 0 Å². The fraction of sp³-hybridized carbons (Fsp3) is 0. The fourth-order valence-electron chi connectivity index (χ4n) is 1.38. The number of aromatic nitrogens is 3. The molecule has 2 amide bonds. The lowest BCUT2D eigenvalue weighted by molar-refractivity contribution is -0.384. The van der Waals surface area contributed by atoms with Crippen LogP contribution in [0.2, 0.25) is 0 Å². The number of carbonyl (C=O) groups excluding carboxylic acids is 2. The molecule has 0 saturated carbocycles. The summed E-state index contributed by atoms with van der Waals surface area (Å²) in [5.41, 5.74) is 9.05. The van der Waals surface area contributed by atoms with Gasteiger partial charge in [-0.1, -0.05) is 0 Å². The predicted octanol–water partition coefficient (Wildman–Crippen LogP) is -0.630. The highest BCUT2D eigenvalue weighted by Crippen LogP contribution is 2.11. The molecule has 0 fully saturated rings. The van der Waals surface area contributed by atoms with Gasteiger partial charge in [-0.05, 0) is 0 Å². The number of nitrogen functional groups attached to an aromatic ring is 1. The Kier molecular flexibility index (Phi) is 3.74. The van der Waals surface area contributed by atoms with Gasteiger partial charge in [-0.2, -0.15) is 0 Å². The van der Waals surface area contributed by atoms with E-state index < -0.39 is 16.7 Å². The topological polar surface area (TPSA) is 169 Å². The average Bonchev–Trinajstić information content (AvgIpc) is 2.95. The summed E-state index contributed by atoms with van der Waals surface area (Å²) in [7, 11) is 0. The Hall–Kier alpha value is -3.50. The number of hydrogen-bond donors (Lipinski definition) is 4. The van der Waals surface area contributed by atoms with Crippen molar-refractivity contribution in [2.45, 2.75) is 0 Å². The average molecular weight is 291 g/mol. The van der Waals surface area contributed by atoms with Crippen LogP contribution >= 0.6 is 0 Å². The van der Waals surface area contributed by atoms with E-state index in [1.165, 1.54) is 12.4 Å².